The molecule has 1 N–H and O–H groups in total. The number of rotatable bonds is 4. The van der Waals surface area contributed by atoms with Gasteiger partial charge < -0.3 is 10.2 Å². The first kappa shape index (κ1) is 20.5. The van der Waals surface area contributed by atoms with Crippen LogP contribution in [0.25, 0.3) is 0 Å². The molecule has 0 amide bonds. The van der Waals surface area contributed by atoms with E-state index in [9.17, 15) is 0 Å². The van der Waals surface area contributed by atoms with E-state index in [0.29, 0.717) is 0 Å². The minimum Gasteiger partial charge on any atom is -0.352 e. The Balaban J connectivity index is 0.00000225. The number of halogens is 1. The fourth-order valence-electron chi connectivity index (χ4n) is 3.70. The Morgan fingerprint density at radius 2 is 1.64 bits per heavy atom. The van der Waals surface area contributed by atoms with Gasteiger partial charge in [0.15, 0.2) is 5.96 Å². The smallest absolute Gasteiger partial charge is 0.193 e. The van der Waals surface area contributed by atoms with Crippen LogP contribution in [0.2, 0.25) is 0 Å². The predicted molar refractivity (Wildman–Crippen MR) is 117 cm³/mol. The molecule has 1 aromatic rings. The minimum absolute atomic E-state index is 0. The van der Waals surface area contributed by atoms with E-state index in [4.69, 9.17) is 0 Å². The third-order valence-corrected chi connectivity index (χ3v) is 5.37. The first-order valence-corrected chi connectivity index (χ1v) is 9.50. The number of nitrogens with zero attached hydrogens (tertiary/aromatic N) is 3. The van der Waals surface area contributed by atoms with Crippen LogP contribution in [0.3, 0.4) is 0 Å². The van der Waals surface area contributed by atoms with Gasteiger partial charge in [0.2, 0.25) is 0 Å². The quantitative estimate of drug-likeness (QED) is 0.426. The molecule has 2 fully saturated rings. The third kappa shape index (κ3) is 6.13. The van der Waals surface area contributed by atoms with E-state index in [2.05, 4.69) is 51.3 Å². The van der Waals surface area contributed by atoms with Crippen molar-refractivity contribution in [1.29, 1.82) is 0 Å². The van der Waals surface area contributed by atoms with Gasteiger partial charge in [0.25, 0.3) is 0 Å². The van der Waals surface area contributed by atoms with E-state index in [0.717, 1.165) is 38.1 Å². The van der Waals surface area contributed by atoms with Crippen molar-refractivity contribution in [2.75, 3.05) is 33.2 Å². The maximum atomic E-state index is 4.46. The molecule has 0 aromatic heterocycles. The van der Waals surface area contributed by atoms with E-state index < -0.39 is 0 Å². The first-order valence-electron chi connectivity index (χ1n) is 9.50. The SMILES string of the molecule is CN=C(NCc1ccc(CN2CCCC2)cc1)N1CCC(C)CC1.I. The summed E-state index contributed by atoms with van der Waals surface area (Å²) in [6.45, 7) is 9.05. The Bertz CT molecular complexity index is 529. The van der Waals surface area contributed by atoms with E-state index in [1.165, 1.54) is 49.9 Å². The number of nitrogens with one attached hydrogen (secondary N) is 1. The second-order valence-corrected chi connectivity index (χ2v) is 7.37. The predicted octanol–water partition coefficient (Wildman–Crippen LogP) is 3.71. The molecule has 140 valence electrons. The molecular weight excluding hydrogens is 423 g/mol. The van der Waals surface area contributed by atoms with Crippen molar-refractivity contribution < 1.29 is 0 Å². The highest BCUT2D eigenvalue weighted by Gasteiger charge is 2.18. The number of guanidine groups is 1. The zero-order chi connectivity index (χ0) is 16.8. The molecule has 2 heterocycles. The highest BCUT2D eigenvalue weighted by atomic mass is 127. The molecule has 1 aromatic carbocycles. The van der Waals surface area contributed by atoms with Crippen LogP contribution in [0.5, 0.6) is 0 Å². The molecule has 0 bridgehead atoms. The van der Waals surface area contributed by atoms with Gasteiger partial charge in [-0.2, -0.15) is 0 Å². The molecule has 4 nitrogen and oxygen atoms in total. The highest BCUT2D eigenvalue weighted by Crippen LogP contribution is 2.16. The zero-order valence-corrected chi connectivity index (χ0v) is 18.0. The summed E-state index contributed by atoms with van der Waals surface area (Å²) in [5, 5.41) is 3.53. The van der Waals surface area contributed by atoms with Crippen LogP contribution >= 0.6 is 24.0 Å². The Morgan fingerprint density at radius 3 is 2.24 bits per heavy atom. The molecule has 5 heteroatoms. The standard InChI is InChI=1S/C20H32N4.HI/c1-17-9-13-24(14-10-17)20(21-2)22-15-18-5-7-19(8-6-18)16-23-11-3-4-12-23;/h5-8,17H,3-4,9-16H2,1-2H3,(H,21,22);1H. The largest absolute Gasteiger partial charge is 0.352 e. The van der Waals surface area contributed by atoms with Crippen LogP contribution in [0.4, 0.5) is 0 Å². The van der Waals surface area contributed by atoms with Crippen LogP contribution in [0, 0.1) is 5.92 Å². The number of hydrogen-bond acceptors (Lipinski definition) is 2. The maximum Gasteiger partial charge on any atom is 0.193 e. The van der Waals surface area contributed by atoms with Gasteiger partial charge in [-0.1, -0.05) is 31.2 Å². The molecule has 2 aliphatic rings. The van der Waals surface area contributed by atoms with Crippen molar-refractivity contribution in [2.45, 2.75) is 45.7 Å². The van der Waals surface area contributed by atoms with Gasteiger partial charge in [0.1, 0.15) is 0 Å². The second kappa shape index (κ2) is 10.4. The normalized spacial score (nSPS) is 19.8. The average molecular weight is 456 g/mol. The van der Waals surface area contributed by atoms with Gasteiger partial charge in [-0.25, -0.2) is 0 Å². The van der Waals surface area contributed by atoms with Crippen molar-refractivity contribution in [2.24, 2.45) is 10.9 Å². The second-order valence-electron chi connectivity index (χ2n) is 7.37. The number of piperidine rings is 1. The summed E-state index contributed by atoms with van der Waals surface area (Å²) < 4.78 is 0. The molecule has 2 saturated heterocycles. The molecule has 2 aliphatic heterocycles. The van der Waals surface area contributed by atoms with E-state index in [1.807, 2.05) is 7.05 Å². The van der Waals surface area contributed by atoms with E-state index in [1.54, 1.807) is 0 Å². The summed E-state index contributed by atoms with van der Waals surface area (Å²) in [6.07, 6.45) is 5.25. The fraction of sp³-hybridized carbons (Fsp3) is 0.650. The molecule has 0 spiro atoms. The van der Waals surface area contributed by atoms with Gasteiger partial charge >= 0.3 is 0 Å². The molecular formula is C20H33IN4. The van der Waals surface area contributed by atoms with Crippen LogP contribution < -0.4 is 5.32 Å². The van der Waals surface area contributed by atoms with Gasteiger partial charge in [-0.3, -0.25) is 9.89 Å². The van der Waals surface area contributed by atoms with Crippen LogP contribution in [-0.4, -0.2) is 49.0 Å². The van der Waals surface area contributed by atoms with Crippen molar-refractivity contribution in [3.63, 3.8) is 0 Å². The maximum absolute atomic E-state index is 4.46. The topological polar surface area (TPSA) is 30.9 Å². The van der Waals surface area contributed by atoms with Crippen molar-refractivity contribution in [3.05, 3.63) is 35.4 Å². The number of aliphatic imine (C=N–C) groups is 1. The monoisotopic (exact) mass is 456 g/mol. The van der Waals surface area contributed by atoms with Crippen molar-refractivity contribution in [3.8, 4) is 0 Å². The summed E-state index contributed by atoms with van der Waals surface area (Å²) in [4.78, 5) is 9.40. The molecule has 25 heavy (non-hydrogen) atoms. The van der Waals surface area contributed by atoms with Crippen LogP contribution in [-0.2, 0) is 13.1 Å². The summed E-state index contributed by atoms with van der Waals surface area (Å²) in [7, 11) is 1.89. The highest BCUT2D eigenvalue weighted by molar-refractivity contribution is 14.0. The fourth-order valence-corrected chi connectivity index (χ4v) is 3.70. The third-order valence-electron chi connectivity index (χ3n) is 5.37. The van der Waals surface area contributed by atoms with Gasteiger partial charge in [-0.15, -0.1) is 24.0 Å². The van der Waals surface area contributed by atoms with E-state index >= 15 is 0 Å². The lowest BCUT2D eigenvalue weighted by molar-refractivity contribution is 0.273. The summed E-state index contributed by atoms with van der Waals surface area (Å²) in [6, 6.07) is 9.06. The molecule has 0 radical (unpaired) electrons. The van der Waals surface area contributed by atoms with Crippen LogP contribution in [0.1, 0.15) is 43.7 Å². The lowest BCUT2D eigenvalue weighted by atomic mass is 9.99. The molecule has 0 aliphatic carbocycles. The average Bonchev–Trinajstić information content (AvgIpc) is 3.11. The lowest BCUT2D eigenvalue weighted by Crippen LogP contribution is -2.45. The molecule has 0 atom stereocenters. The lowest BCUT2D eigenvalue weighted by Gasteiger charge is -2.32. The Kier molecular flexibility index (Phi) is 8.49. The summed E-state index contributed by atoms with van der Waals surface area (Å²) >= 11 is 0. The van der Waals surface area contributed by atoms with Crippen LogP contribution in [0.15, 0.2) is 29.3 Å². The van der Waals surface area contributed by atoms with Gasteiger partial charge in [0, 0.05) is 33.2 Å². The number of hydrogen-bond donors (Lipinski definition) is 1. The van der Waals surface area contributed by atoms with Gasteiger partial charge in [0.05, 0.1) is 0 Å². The first-order chi connectivity index (χ1) is 11.7. The minimum atomic E-state index is 0. The summed E-state index contributed by atoms with van der Waals surface area (Å²) in [5.74, 6) is 1.89. The molecule has 0 unspecified atom stereocenters. The Labute approximate surface area is 170 Å². The Hall–Kier alpha value is -0.820. The zero-order valence-electron chi connectivity index (χ0n) is 15.7. The Morgan fingerprint density at radius 1 is 1.04 bits per heavy atom. The van der Waals surface area contributed by atoms with E-state index in [-0.39, 0.29) is 24.0 Å². The molecule has 0 saturated carbocycles. The molecule has 3 rings (SSSR count). The number of benzene rings is 1. The van der Waals surface area contributed by atoms with Crippen molar-refractivity contribution in [1.82, 2.24) is 15.1 Å². The van der Waals surface area contributed by atoms with Gasteiger partial charge in [-0.05, 0) is 55.8 Å². The summed E-state index contributed by atoms with van der Waals surface area (Å²) in [5.41, 5.74) is 2.75. The van der Waals surface area contributed by atoms with Crippen molar-refractivity contribution >= 4 is 29.9 Å². The number of likely N-dealkylation sites (tertiary alicyclic amines) is 2.